The molecule has 0 spiro atoms. The Morgan fingerprint density at radius 1 is 1.00 bits per heavy atom. The van der Waals surface area contributed by atoms with E-state index < -0.39 is 6.43 Å². The first-order chi connectivity index (χ1) is 13.7. The summed E-state index contributed by atoms with van der Waals surface area (Å²) >= 11 is 0. The number of piperidine rings is 1. The van der Waals surface area contributed by atoms with Gasteiger partial charge in [0, 0.05) is 43.2 Å². The van der Waals surface area contributed by atoms with Crippen molar-refractivity contribution in [2.75, 3.05) is 23.3 Å². The molecule has 1 unspecified atom stereocenters. The molecule has 3 aliphatic rings. The number of rotatable bonds is 6. The van der Waals surface area contributed by atoms with E-state index in [1.165, 1.54) is 18.9 Å². The van der Waals surface area contributed by atoms with Crippen LogP contribution in [0.2, 0.25) is 0 Å². The van der Waals surface area contributed by atoms with Crippen LogP contribution >= 0.6 is 0 Å². The normalized spacial score (nSPS) is 22.5. The summed E-state index contributed by atoms with van der Waals surface area (Å²) in [5.74, 6) is 3.73. The molecule has 1 atom stereocenters. The van der Waals surface area contributed by atoms with E-state index in [2.05, 4.69) is 30.2 Å². The predicted molar refractivity (Wildman–Crippen MR) is 102 cm³/mol. The van der Waals surface area contributed by atoms with Gasteiger partial charge in [0.15, 0.2) is 0 Å². The van der Waals surface area contributed by atoms with Crippen molar-refractivity contribution in [3.05, 3.63) is 35.7 Å². The minimum absolute atomic E-state index is 0.160. The van der Waals surface area contributed by atoms with E-state index in [1.807, 2.05) is 12.3 Å². The van der Waals surface area contributed by atoms with Gasteiger partial charge in [-0.25, -0.2) is 28.7 Å². The summed E-state index contributed by atoms with van der Waals surface area (Å²) < 4.78 is 26.6. The summed E-state index contributed by atoms with van der Waals surface area (Å²) in [7, 11) is 0. The molecule has 2 saturated carbocycles. The molecule has 8 heteroatoms. The molecule has 1 aliphatic heterocycles. The number of halogens is 2. The van der Waals surface area contributed by atoms with Crippen LogP contribution in [0.25, 0.3) is 0 Å². The van der Waals surface area contributed by atoms with Crippen molar-refractivity contribution in [3.63, 3.8) is 0 Å². The molecule has 2 aromatic heterocycles. The number of anilines is 2. The van der Waals surface area contributed by atoms with Crippen LogP contribution in [-0.2, 0) is 0 Å². The second kappa shape index (κ2) is 7.22. The Kier molecular flexibility index (Phi) is 4.56. The van der Waals surface area contributed by atoms with Crippen LogP contribution in [-0.4, -0.2) is 39.1 Å². The van der Waals surface area contributed by atoms with Gasteiger partial charge in [0.05, 0.1) is 0 Å². The lowest BCUT2D eigenvalue weighted by molar-refractivity contribution is 0.145. The fourth-order valence-electron chi connectivity index (χ4n) is 3.77. The number of aromatic nitrogens is 4. The van der Waals surface area contributed by atoms with Crippen LogP contribution in [0, 0.1) is 0 Å². The van der Waals surface area contributed by atoms with Gasteiger partial charge in [-0.05, 0) is 44.6 Å². The van der Waals surface area contributed by atoms with Crippen molar-refractivity contribution in [3.8, 4) is 0 Å². The molecule has 1 N–H and O–H groups in total. The highest BCUT2D eigenvalue weighted by Crippen LogP contribution is 2.40. The Morgan fingerprint density at radius 2 is 1.79 bits per heavy atom. The van der Waals surface area contributed by atoms with E-state index >= 15 is 0 Å². The molecule has 6 nitrogen and oxygen atoms in total. The largest absolute Gasteiger partial charge is 0.365 e. The standard InChI is InChI=1S/C20H24F2N6/c21-18(22)15-10-17(27-20(25-15)13-5-6-13)28-9-1-2-14(11-28)24-16-7-8-23-19(26-16)12-3-4-12/h7-8,10,12-14,18H,1-6,9,11H2,(H,23,24,26). The Morgan fingerprint density at radius 3 is 2.54 bits per heavy atom. The molecule has 3 heterocycles. The van der Waals surface area contributed by atoms with E-state index in [0.717, 1.165) is 43.9 Å². The van der Waals surface area contributed by atoms with Gasteiger partial charge in [-0.3, -0.25) is 0 Å². The summed E-state index contributed by atoms with van der Waals surface area (Å²) in [6.07, 6.45) is 5.56. The van der Waals surface area contributed by atoms with Crippen LogP contribution in [0.15, 0.2) is 18.3 Å². The third-order valence-corrected chi connectivity index (χ3v) is 5.63. The van der Waals surface area contributed by atoms with Gasteiger partial charge < -0.3 is 10.2 Å². The fourth-order valence-corrected chi connectivity index (χ4v) is 3.77. The van der Waals surface area contributed by atoms with Gasteiger partial charge in [-0.2, -0.15) is 0 Å². The zero-order valence-corrected chi connectivity index (χ0v) is 15.7. The maximum Gasteiger partial charge on any atom is 0.280 e. The lowest BCUT2D eigenvalue weighted by Crippen LogP contribution is -2.42. The molecule has 0 radical (unpaired) electrons. The molecule has 0 aromatic carbocycles. The smallest absolute Gasteiger partial charge is 0.280 e. The van der Waals surface area contributed by atoms with Crippen molar-refractivity contribution in [2.24, 2.45) is 0 Å². The molecular formula is C20H24F2N6. The number of alkyl halides is 2. The molecule has 2 aliphatic carbocycles. The molecule has 0 bridgehead atoms. The summed E-state index contributed by atoms with van der Waals surface area (Å²) in [5, 5.41) is 3.51. The van der Waals surface area contributed by atoms with Crippen LogP contribution in [0.5, 0.6) is 0 Å². The van der Waals surface area contributed by atoms with Crippen molar-refractivity contribution in [1.82, 2.24) is 19.9 Å². The summed E-state index contributed by atoms with van der Waals surface area (Å²) in [5.41, 5.74) is -0.160. The van der Waals surface area contributed by atoms with Crippen molar-refractivity contribution < 1.29 is 8.78 Å². The van der Waals surface area contributed by atoms with Crippen molar-refractivity contribution >= 4 is 11.6 Å². The van der Waals surface area contributed by atoms with Gasteiger partial charge in [0.2, 0.25) is 0 Å². The Hall–Kier alpha value is -2.38. The quantitative estimate of drug-likeness (QED) is 0.808. The third-order valence-electron chi connectivity index (χ3n) is 5.63. The molecule has 3 fully saturated rings. The fraction of sp³-hybridized carbons (Fsp3) is 0.600. The molecule has 148 valence electrons. The van der Waals surface area contributed by atoms with Crippen LogP contribution in [0.1, 0.15) is 74.1 Å². The molecule has 1 saturated heterocycles. The zero-order valence-electron chi connectivity index (χ0n) is 15.7. The predicted octanol–water partition coefficient (Wildman–Crippen LogP) is 4.04. The van der Waals surface area contributed by atoms with Crippen LogP contribution < -0.4 is 10.2 Å². The van der Waals surface area contributed by atoms with Crippen LogP contribution in [0.4, 0.5) is 20.4 Å². The van der Waals surface area contributed by atoms with E-state index in [-0.39, 0.29) is 17.7 Å². The van der Waals surface area contributed by atoms with Crippen molar-refractivity contribution in [1.29, 1.82) is 0 Å². The van der Waals surface area contributed by atoms with Gasteiger partial charge in [-0.15, -0.1) is 0 Å². The van der Waals surface area contributed by atoms with E-state index in [9.17, 15) is 8.78 Å². The van der Waals surface area contributed by atoms with Crippen LogP contribution in [0.3, 0.4) is 0 Å². The van der Waals surface area contributed by atoms with E-state index in [4.69, 9.17) is 0 Å². The molecular weight excluding hydrogens is 362 g/mol. The second-order valence-corrected chi connectivity index (χ2v) is 8.09. The number of hydrogen-bond acceptors (Lipinski definition) is 6. The number of hydrogen-bond donors (Lipinski definition) is 1. The lowest BCUT2D eigenvalue weighted by Gasteiger charge is -2.34. The summed E-state index contributed by atoms with van der Waals surface area (Å²) in [6, 6.07) is 3.55. The van der Waals surface area contributed by atoms with Gasteiger partial charge in [-0.1, -0.05) is 0 Å². The average molecular weight is 386 g/mol. The van der Waals surface area contributed by atoms with Gasteiger partial charge in [0.1, 0.15) is 29.0 Å². The Bertz CT molecular complexity index is 832. The number of nitrogens with zero attached hydrogens (tertiary/aromatic N) is 5. The van der Waals surface area contributed by atoms with Crippen molar-refractivity contribution in [2.45, 2.75) is 62.8 Å². The van der Waals surface area contributed by atoms with Gasteiger partial charge in [0.25, 0.3) is 6.43 Å². The molecule has 5 rings (SSSR count). The molecule has 28 heavy (non-hydrogen) atoms. The topological polar surface area (TPSA) is 66.8 Å². The monoisotopic (exact) mass is 386 g/mol. The summed E-state index contributed by atoms with van der Waals surface area (Å²) in [4.78, 5) is 19.8. The first-order valence-corrected chi connectivity index (χ1v) is 10.2. The van der Waals surface area contributed by atoms with Gasteiger partial charge >= 0.3 is 0 Å². The second-order valence-electron chi connectivity index (χ2n) is 8.09. The Labute approximate surface area is 162 Å². The van der Waals surface area contributed by atoms with E-state index in [0.29, 0.717) is 24.1 Å². The SMILES string of the molecule is FC(F)c1cc(N2CCCC(Nc3ccnc(C4CC4)n3)C2)nc(C2CC2)n1. The highest BCUT2D eigenvalue weighted by Gasteiger charge is 2.30. The minimum atomic E-state index is -2.57. The first kappa shape index (κ1) is 17.7. The highest BCUT2D eigenvalue weighted by molar-refractivity contribution is 5.43. The zero-order chi connectivity index (χ0) is 19.1. The lowest BCUT2D eigenvalue weighted by atomic mass is 10.1. The third kappa shape index (κ3) is 3.91. The number of nitrogens with one attached hydrogen (secondary N) is 1. The average Bonchev–Trinajstić information content (AvgIpc) is 3.60. The molecule has 2 aromatic rings. The highest BCUT2D eigenvalue weighted by atomic mass is 19.3. The maximum absolute atomic E-state index is 13.3. The minimum Gasteiger partial charge on any atom is -0.365 e. The Balaban J connectivity index is 1.32. The first-order valence-electron chi connectivity index (χ1n) is 10.2. The maximum atomic E-state index is 13.3. The van der Waals surface area contributed by atoms with E-state index in [1.54, 1.807) is 0 Å². The molecule has 0 amide bonds. The summed E-state index contributed by atoms with van der Waals surface area (Å²) in [6.45, 7) is 1.53.